The molecular formula is C27H29N5O2. The highest BCUT2D eigenvalue weighted by atomic mass is 16.5. The summed E-state index contributed by atoms with van der Waals surface area (Å²) in [5.41, 5.74) is 4.32. The van der Waals surface area contributed by atoms with Gasteiger partial charge in [0.25, 0.3) is 0 Å². The SMILES string of the molecule is COc1ccc(-c2cccc3nc(Nc4ccc(C(=O)CC5CCN(C)CC5)cc4)nn23)cc1. The summed E-state index contributed by atoms with van der Waals surface area (Å²) in [6.45, 7) is 2.15. The predicted molar refractivity (Wildman–Crippen MR) is 134 cm³/mol. The van der Waals surface area contributed by atoms with Gasteiger partial charge in [-0.15, -0.1) is 5.10 Å². The van der Waals surface area contributed by atoms with Crippen LogP contribution in [-0.2, 0) is 0 Å². The number of benzene rings is 2. The number of aromatic nitrogens is 3. The van der Waals surface area contributed by atoms with Gasteiger partial charge in [0.05, 0.1) is 12.8 Å². The van der Waals surface area contributed by atoms with E-state index in [9.17, 15) is 4.79 Å². The second kappa shape index (κ2) is 9.65. The smallest absolute Gasteiger partial charge is 0.247 e. The fraction of sp³-hybridized carbons (Fsp3) is 0.296. The van der Waals surface area contributed by atoms with Crippen molar-refractivity contribution >= 4 is 23.1 Å². The number of ketones is 1. The van der Waals surface area contributed by atoms with Crippen molar-refractivity contribution in [3.63, 3.8) is 0 Å². The molecule has 4 aromatic rings. The molecule has 0 radical (unpaired) electrons. The Balaban J connectivity index is 1.29. The Hall–Kier alpha value is -3.71. The minimum absolute atomic E-state index is 0.219. The maximum atomic E-state index is 12.7. The first kappa shape index (κ1) is 22.1. The fourth-order valence-electron chi connectivity index (χ4n) is 4.45. The van der Waals surface area contributed by atoms with Crippen molar-refractivity contribution in [1.29, 1.82) is 0 Å². The monoisotopic (exact) mass is 455 g/mol. The zero-order chi connectivity index (χ0) is 23.5. The molecule has 1 aliphatic heterocycles. The van der Waals surface area contributed by atoms with E-state index in [2.05, 4.69) is 27.3 Å². The molecule has 0 atom stereocenters. The molecule has 0 spiro atoms. The predicted octanol–water partition coefficient (Wildman–Crippen LogP) is 5.06. The number of nitrogens with zero attached hydrogens (tertiary/aromatic N) is 4. The van der Waals surface area contributed by atoms with Crippen LogP contribution in [0.1, 0.15) is 29.6 Å². The molecule has 7 heteroatoms. The van der Waals surface area contributed by atoms with Crippen LogP contribution in [0.25, 0.3) is 16.9 Å². The van der Waals surface area contributed by atoms with Gasteiger partial charge in [-0.2, -0.15) is 4.98 Å². The van der Waals surface area contributed by atoms with Crippen LogP contribution >= 0.6 is 0 Å². The van der Waals surface area contributed by atoms with E-state index < -0.39 is 0 Å². The van der Waals surface area contributed by atoms with Crippen molar-refractivity contribution in [2.45, 2.75) is 19.3 Å². The van der Waals surface area contributed by atoms with Crippen molar-refractivity contribution in [2.75, 3.05) is 32.6 Å². The van der Waals surface area contributed by atoms with Crippen LogP contribution < -0.4 is 10.1 Å². The molecule has 0 bridgehead atoms. The normalized spacial score (nSPS) is 14.9. The molecule has 1 fully saturated rings. The summed E-state index contributed by atoms with van der Waals surface area (Å²) in [6.07, 6.45) is 2.82. The minimum Gasteiger partial charge on any atom is -0.497 e. The van der Waals surface area contributed by atoms with E-state index in [-0.39, 0.29) is 5.78 Å². The molecule has 174 valence electrons. The van der Waals surface area contributed by atoms with Crippen molar-refractivity contribution < 1.29 is 9.53 Å². The van der Waals surface area contributed by atoms with Gasteiger partial charge in [-0.25, -0.2) is 4.52 Å². The lowest BCUT2D eigenvalue weighted by atomic mass is 9.90. The molecule has 1 N–H and O–H groups in total. The van der Waals surface area contributed by atoms with Gasteiger partial charge in [0.15, 0.2) is 11.4 Å². The molecular weight excluding hydrogens is 426 g/mol. The number of nitrogens with one attached hydrogen (secondary N) is 1. The van der Waals surface area contributed by atoms with Crippen molar-refractivity contribution in [3.05, 3.63) is 72.3 Å². The largest absolute Gasteiger partial charge is 0.497 e. The van der Waals surface area contributed by atoms with Gasteiger partial charge in [0.2, 0.25) is 5.95 Å². The molecule has 2 aromatic heterocycles. The molecule has 2 aromatic carbocycles. The number of pyridine rings is 1. The second-order valence-corrected chi connectivity index (χ2v) is 8.92. The summed E-state index contributed by atoms with van der Waals surface area (Å²) in [6, 6.07) is 21.4. The van der Waals surface area contributed by atoms with E-state index in [1.807, 2.05) is 71.2 Å². The lowest BCUT2D eigenvalue weighted by Crippen LogP contribution is -2.31. The summed E-state index contributed by atoms with van der Waals surface area (Å²) in [5.74, 6) is 2.02. The quantitative estimate of drug-likeness (QED) is 0.393. The van der Waals surface area contributed by atoms with Gasteiger partial charge in [-0.1, -0.05) is 6.07 Å². The Morgan fingerprint density at radius 3 is 2.47 bits per heavy atom. The number of Topliss-reactive ketones (excluding diaryl/α,β-unsaturated/α-hetero) is 1. The second-order valence-electron chi connectivity index (χ2n) is 8.92. The number of carbonyl (C=O) groups excluding carboxylic acids is 1. The average Bonchev–Trinajstić information content (AvgIpc) is 3.28. The summed E-state index contributed by atoms with van der Waals surface area (Å²) in [7, 11) is 3.80. The average molecular weight is 456 g/mol. The maximum absolute atomic E-state index is 12.7. The van der Waals surface area contributed by atoms with Crippen LogP contribution in [0.15, 0.2) is 66.7 Å². The van der Waals surface area contributed by atoms with E-state index in [1.165, 1.54) is 0 Å². The molecule has 0 saturated carbocycles. The van der Waals surface area contributed by atoms with Crippen LogP contribution in [-0.4, -0.2) is 52.5 Å². The standard InChI is InChI=1S/C27H29N5O2/c1-31-16-14-19(15-17-31)18-25(33)21-6-10-22(11-7-21)28-27-29-26-5-3-4-24(32(26)30-27)20-8-12-23(34-2)13-9-20/h3-13,19H,14-18H2,1-2H3,(H,28,30). The summed E-state index contributed by atoms with van der Waals surface area (Å²) in [4.78, 5) is 19.7. The Morgan fingerprint density at radius 2 is 1.76 bits per heavy atom. The molecule has 1 saturated heterocycles. The van der Waals surface area contributed by atoms with Gasteiger partial charge < -0.3 is 15.0 Å². The minimum atomic E-state index is 0.219. The Kier molecular flexibility index (Phi) is 6.27. The Labute approximate surface area is 199 Å². The first-order valence-electron chi connectivity index (χ1n) is 11.7. The van der Waals surface area contributed by atoms with E-state index in [0.29, 0.717) is 18.3 Å². The van der Waals surface area contributed by atoms with Gasteiger partial charge in [-0.05, 0) is 99.6 Å². The number of hydrogen-bond donors (Lipinski definition) is 1. The van der Waals surface area contributed by atoms with Gasteiger partial charge in [-0.3, -0.25) is 4.79 Å². The van der Waals surface area contributed by atoms with Crippen molar-refractivity contribution in [2.24, 2.45) is 5.92 Å². The van der Waals surface area contributed by atoms with Crippen molar-refractivity contribution in [1.82, 2.24) is 19.5 Å². The molecule has 7 nitrogen and oxygen atoms in total. The number of likely N-dealkylation sites (tertiary alicyclic amines) is 1. The maximum Gasteiger partial charge on any atom is 0.247 e. The van der Waals surface area contributed by atoms with Gasteiger partial charge in [0, 0.05) is 23.2 Å². The number of fused-ring (bicyclic) bond motifs is 1. The van der Waals surface area contributed by atoms with Crippen LogP contribution in [0.2, 0.25) is 0 Å². The Bertz CT molecular complexity index is 1270. The lowest BCUT2D eigenvalue weighted by molar-refractivity contribution is 0.0936. The first-order valence-corrected chi connectivity index (χ1v) is 11.7. The van der Waals surface area contributed by atoms with Crippen LogP contribution in [0.4, 0.5) is 11.6 Å². The van der Waals surface area contributed by atoms with Crippen LogP contribution in [0.3, 0.4) is 0 Å². The van der Waals surface area contributed by atoms with E-state index in [0.717, 1.165) is 59.8 Å². The number of ether oxygens (including phenoxy) is 1. The van der Waals surface area contributed by atoms with Crippen LogP contribution in [0, 0.1) is 5.92 Å². The highest BCUT2D eigenvalue weighted by Gasteiger charge is 2.20. The molecule has 0 unspecified atom stereocenters. The number of piperidine rings is 1. The highest BCUT2D eigenvalue weighted by molar-refractivity contribution is 5.96. The fourth-order valence-corrected chi connectivity index (χ4v) is 4.45. The molecule has 3 heterocycles. The van der Waals surface area contributed by atoms with Gasteiger partial charge >= 0.3 is 0 Å². The van der Waals surface area contributed by atoms with E-state index in [4.69, 9.17) is 4.74 Å². The van der Waals surface area contributed by atoms with Crippen LogP contribution in [0.5, 0.6) is 5.75 Å². The molecule has 0 amide bonds. The zero-order valence-electron chi connectivity index (χ0n) is 19.6. The van der Waals surface area contributed by atoms with E-state index in [1.54, 1.807) is 7.11 Å². The topological polar surface area (TPSA) is 71.8 Å². The number of rotatable bonds is 7. The third-order valence-electron chi connectivity index (χ3n) is 6.52. The van der Waals surface area contributed by atoms with Gasteiger partial charge in [0.1, 0.15) is 5.75 Å². The number of methoxy groups -OCH3 is 1. The number of carbonyl (C=O) groups is 1. The van der Waals surface area contributed by atoms with Crippen molar-refractivity contribution in [3.8, 4) is 17.0 Å². The summed E-state index contributed by atoms with van der Waals surface area (Å²) >= 11 is 0. The number of anilines is 2. The third-order valence-corrected chi connectivity index (χ3v) is 6.52. The third kappa shape index (κ3) is 4.79. The molecule has 1 aliphatic rings. The zero-order valence-corrected chi connectivity index (χ0v) is 19.6. The molecule has 0 aliphatic carbocycles. The summed E-state index contributed by atoms with van der Waals surface area (Å²) < 4.78 is 7.08. The molecule has 34 heavy (non-hydrogen) atoms. The Morgan fingerprint density at radius 1 is 1.03 bits per heavy atom. The summed E-state index contributed by atoms with van der Waals surface area (Å²) in [5, 5.41) is 7.92. The van der Waals surface area contributed by atoms with E-state index >= 15 is 0 Å². The first-order chi connectivity index (χ1) is 16.6. The highest BCUT2D eigenvalue weighted by Crippen LogP contribution is 2.25. The lowest BCUT2D eigenvalue weighted by Gasteiger charge is -2.28. The number of hydrogen-bond acceptors (Lipinski definition) is 6. The molecule has 5 rings (SSSR count).